The summed E-state index contributed by atoms with van der Waals surface area (Å²) in [7, 11) is 0. The number of hydrogen-bond acceptors (Lipinski definition) is 5. The average Bonchev–Trinajstić information content (AvgIpc) is 3.01. The van der Waals surface area contributed by atoms with Crippen LogP contribution < -0.4 is 10.6 Å². The summed E-state index contributed by atoms with van der Waals surface area (Å²) in [6, 6.07) is 9.73. The molecule has 0 saturated heterocycles. The maximum atomic E-state index is 12.3. The van der Waals surface area contributed by atoms with Gasteiger partial charge in [0.2, 0.25) is 5.13 Å². The number of nitrogens with zero attached hydrogens (tertiary/aromatic N) is 2. The van der Waals surface area contributed by atoms with Crippen molar-refractivity contribution in [1.29, 1.82) is 0 Å². The van der Waals surface area contributed by atoms with Crippen molar-refractivity contribution in [1.82, 2.24) is 14.7 Å². The van der Waals surface area contributed by atoms with Crippen LogP contribution in [0.4, 0.5) is 9.93 Å². The maximum absolute atomic E-state index is 12.3. The molecule has 7 heteroatoms. The smallest absolute Gasteiger partial charge is 0.321 e. The summed E-state index contributed by atoms with van der Waals surface area (Å²) >= 11 is 1.20. The van der Waals surface area contributed by atoms with E-state index >= 15 is 0 Å². The Labute approximate surface area is 151 Å². The molecule has 2 aromatic rings. The molecule has 1 heterocycles. The Morgan fingerprint density at radius 1 is 1.36 bits per heavy atom. The second-order valence-electron chi connectivity index (χ2n) is 6.71. The fourth-order valence-corrected chi connectivity index (χ4v) is 4.50. The first-order chi connectivity index (χ1) is 12.2. The zero-order valence-electron chi connectivity index (χ0n) is 14.2. The first-order valence-corrected chi connectivity index (χ1v) is 9.57. The summed E-state index contributed by atoms with van der Waals surface area (Å²) in [5, 5.41) is 6.44. The van der Waals surface area contributed by atoms with Gasteiger partial charge in [-0.25, -0.2) is 4.79 Å². The van der Waals surface area contributed by atoms with Crippen LogP contribution in [0.1, 0.15) is 32.6 Å². The number of carbonyl (C=O) groups excluding carboxylic acids is 1. The Morgan fingerprint density at radius 3 is 2.84 bits per heavy atom. The minimum atomic E-state index is -0.206. The van der Waals surface area contributed by atoms with Crippen molar-refractivity contribution in [2.24, 2.45) is 5.41 Å². The number of carbonyl (C=O) groups is 1. The minimum Gasteiger partial charge on any atom is -0.378 e. The fraction of sp³-hybridized carbons (Fsp3) is 0.500. The summed E-state index contributed by atoms with van der Waals surface area (Å²) in [5.41, 5.74) is 1.10. The van der Waals surface area contributed by atoms with Crippen molar-refractivity contribution in [3.05, 3.63) is 30.3 Å². The molecule has 2 aliphatic rings. The number of rotatable bonds is 5. The Bertz CT molecular complexity index is 745. The number of ether oxygens (including phenoxy) is 1. The van der Waals surface area contributed by atoms with Crippen LogP contribution in [-0.4, -0.2) is 34.1 Å². The zero-order chi connectivity index (χ0) is 17.3. The third kappa shape index (κ3) is 3.02. The SMILES string of the molecule is CCO[C@@H]1C[C@H](NC(=O)Nc2nc(-c3ccccc3)ns2)C12CCC2. The number of anilines is 1. The minimum absolute atomic E-state index is 0.156. The van der Waals surface area contributed by atoms with E-state index in [1.165, 1.54) is 18.0 Å². The second-order valence-corrected chi connectivity index (χ2v) is 7.46. The maximum Gasteiger partial charge on any atom is 0.321 e. The largest absolute Gasteiger partial charge is 0.378 e. The molecule has 1 aromatic heterocycles. The van der Waals surface area contributed by atoms with Gasteiger partial charge in [0, 0.05) is 35.2 Å². The van der Waals surface area contributed by atoms with Crippen LogP contribution in [-0.2, 0) is 4.74 Å². The number of benzene rings is 1. The van der Waals surface area contributed by atoms with Crippen molar-refractivity contribution >= 4 is 22.7 Å². The molecule has 2 atom stereocenters. The van der Waals surface area contributed by atoms with E-state index in [4.69, 9.17) is 4.74 Å². The highest BCUT2D eigenvalue weighted by Gasteiger charge is 2.59. The van der Waals surface area contributed by atoms with Crippen LogP contribution in [0.2, 0.25) is 0 Å². The molecular weight excluding hydrogens is 336 g/mol. The highest BCUT2D eigenvalue weighted by atomic mass is 32.1. The summed E-state index contributed by atoms with van der Waals surface area (Å²) in [5.74, 6) is 0.636. The van der Waals surface area contributed by atoms with Crippen LogP contribution in [0.3, 0.4) is 0 Å². The molecule has 2 fully saturated rings. The van der Waals surface area contributed by atoms with E-state index in [2.05, 4.69) is 20.0 Å². The van der Waals surface area contributed by atoms with Crippen molar-refractivity contribution in [2.45, 2.75) is 44.8 Å². The molecule has 2 N–H and O–H groups in total. The molecule has 2 saturated carbocycles. The molecule has 1 aromatic carbocycles. The van der Waals surface area contributed by atoms with E-state index in [0.717, 1.165) is 31.4 Å². The second kappa shape index (κ2) is 6.72. The molecule has 6 nitrogen and oxygen atoms in total. The fourth-order valence-electron chi connectivity index (χ4n) is 3.91. The molecule has 4 rings (SSSR count). The average molecular weight is 358 g/mol. The summed E-state index contributed by atoms with van der Waals surface area (Å²) in [4.78, 5) is 16.7. The van der Waals surface area contributed by atoms with E-state index in [1.54, 1.807) is 0 Å². The lowest BCUT2D eigenvalue weighted by Crippen LogP contribution is -2.68. The Balaban J connectivity index is 1.35. The molecule has 25 heavy (non-hydrogen) atoms. The predicted molar refractivity (Wildman–Crippen MR) is 97.6 cm³/mol. The van der Waals surface area contributed by atoms with Crippen LogP contribution in [0.15, 0.2) is 30.3 Å². The standard InChI is InChI=1S/C18H22N4O2S/c1-2-24-14-11-13(18(14)9-6-10-18)19-16(23)21-17-20-15(22-25-17)12-7-4-3-5-8-12/h3-5,7-8,13-14H,2,6,9-11H2,1H3,(H2,19,20,21,22,23)/t13-,14+/m0/s1. The Hall–Kier alpha value is -1.99. The van der Waals surface area contributed by atoms with Gasteiger partial charge in [0.25, 0.3) is 0 Å². The molecule has 0 unspecified atom stereocenters. The molecule has 132 valence electrons. The van der Waals surface area contributed by atoms with Gasteiger partial charge < -0.3 is 10.1 Å². The number of hydrogen-bond donors (Lipinski definition) is 2. The van der Waals surface area contributed by atoms with Crippen molar-refractivity contribution in [3.8, 4) is 11.4 Å². The lowest BCUT2D eigenvalue weighted by molar-refractivity contribution is -0.169. The van der Waals surface area contributed by atoms with Gasteiger partial charge >= 0.3 is 6.03 Å². The first-order valence-electron chi connectivity index (χ1n) is 8.79. The molecule has 2 amide bonds. The predicted octanol–water partition coefficient (Wildman–Crippen LogP) is 3.67. The highest BCUT2D eigenvalue weighted by molar-refractivity contribution is 7.10. The van der Waals surface area contributed by atoms with Crippen molar-refractivity contribution in [3.63, 3.8) is 0 Å². The molecule has 0 aliphatic heterocycles. The number of urea groups is 1. The van der Waals surface area contributed by atoms with Gasteiger partial charge in [-0.1, -0.05) is 36.8 Å². The third-order valence-electron chi connectivity index (χ3n) is 5.42. The van der Waals surface area contributed by atoms with Crippen molar-refractivity contribution < 1.29 is 9.53 Å². The number of amides is 2. The topological polar surface area (TPSA) is 76.1 Å². The van der Waals surface area contributed by atoms with E-state index in [1.807, 2.05) is 37.3 Å². The van der Waals surface area contributed by atoms with E-state index in [0.29, 0.717) is 17.1 Å². The van der Waals surface area contributed by atoms with Crippen LogP contribution in [0.25, 0.3) is 11.4 Å². The highest BCUT2D eigenvalue weighted by Crippen LogP contribution is 2.57. The lowest BCUT2D eigenvalue weighted by atomic mass is 9.51. The molecular formula is C18H22N4O2S. The van der Waals surface area contributed by atoms with Gasteiger partial charge in [-0.3, -0.25) is 5.32 Å². The van der Waals surface area contributed by atoms with Gasteiger partial charge in [0.05, 0.1) is 6.10 Å². The molecule has 1 spiro atoms. The van der Waals surface area contributed by atoms with Crippen LogP contribution in [0, 0.1) is 5.41 Å². The van der Waals surface area contributed by atoms with Crippen LogP contribution in [0.5, 0.6) is 0 Å². The first kappa shape index (κ1) is 16.5. The zero-order valence-corrected chi connectivity index (χ0v) is 15.0. The quantitative estimate of drug-likeness (QED) is 0.855. The normalized spacial score (nSPS) is 23.6. The third-order valence-corrected chi connectivity index (χ3v) is 6.05. The summed E-state index contributed by atoms with van der Waals surface area (Å²) in [6.07, 6.45) is 4.69. The van der Waals surface area contributed by atoms with E-state index in [9.17, 15) is 4.79 Å². The Morgan fingerprint density at radius 2 is 2.16 bits per heavy atom. The number of nitrogens with one attached hydrogen (secondary N) is 2. The van der Waals surface area contributed by atoms with Gasteiger partial charge in [-0.05, 0) is 26.2 Å². The monoisotopic (exact) mass is 358 g/mol. The molecule has 2 aliphatic carbocycles. The van der Waals surface area contributed by atoms with Crippen molar-refractivity contribution in [2.75, 3.05) is 11.9 Å². The van der Waals surface area contributed by atoms with Gasteiger partial charge in [-0.2, -0.15) is 9.36 Å². The van der Waals surface area contributed by atoms with Gasteiger partial charge in [-0.15, -0.1) is 0 Å². The Kier molecular flexibility index (Phi) is 4.43. The molecule has 0 radical (unpaired) electrons. The summed E-state index contributed by atoms with van der Waals surface area (Å²) in [6.45, 7) is 2.76. The number of aromatic nitrogens is 2. The van der Waals surface area contributed by atoms with Gasteiger partial charge in [0.15, 0.2) is 5.82 Å². The molecule has 0 bridgehead atoms. The van der Waals surface area contributed by atoms with Gasteiger partial charge in [0.1, 0.15) is 0 Å². The summed E-state index contributed by atoms with van der Waals surface area (Å²) < 4.78 is 10.1. The van der Waals surface area contributed by atoms with Crippen LogP contribution >= 0.6 is 11.5 Å². The van der Waals surface area contributed by atoms with E-state index in [-0.39, 0.29) is 17.5 Å². The van der Waals surface area contributed by atoms with E-state index < -0.39 is 0 Å². The lowest BCUT2D eigenvalue weighted by Gasteiger charge is -2.60.